The van der Waals surface area contributed by atoms with Gasteiger partial charge >= 0.3 is 16.6 Å². The Balaban J connectivity index is 3.07. The molecule has 0 aliphatic rings. The maximum absolute atomic E-state index is 5.37. The van der Waals surface area contributed by atoms with Crippen LogP contribution in [0.1, 0.15) is 20.8 Å². The van der Waals surface area contributed by atoms with Crippen LogP contribution in [-0.4, -0.2) is 35.4 Å². The molecular formula is C6H15AlO2. The van der Waals surface area contributed by atoms with Crippen LogP contribution >= 0.6 is 0 Å². The second-order valence-corrected chi connectivity index (χ2v) is 3.53. The predicted molar refractivity (Wildman–Crippen MR) is 40.2 cm³/mol. The lowest BCUT2D eigenvalue weighted by Gasteiger charge is -2.19. The van der Waals surface area contributed by atoms with Gasteiger partial charge in [-0.05, 0) is 20.8 Å². The zero-order valence-electron chi connectivity index (χ0n) is 6.73. The molecule has 0 amide bonds. The summed E-state index contributed by atoms with van der Waals surface area (Å²) in [5.41, 5.74) is -0.0138. The van der Waals surface area contributed by atoms with Crippen molar-refractivity contribution in [3.8, 4) is 0 Å². The standard InChI is InChI=1S/C6H13O2.Al.2H/c1-6(2,3)8-5-4-7;;;/h4-5H2,1-3H3;;;/q-1;+1;;. The summed E-state index contributed by atoms with van der Waals surface area (Å²) in [6.07, 6.45) is 0. The molecule has 0 aromatic heterocycles. The average molecular weight is 146 g/mol. The average Bonchev–Trinajstić information content (AvgIpc) is 1.63. The first-order chi connectivity index (χ1) is 4.06. The Kier molecular flexibility index (Phi) is 4.51. The summed E-state index contributed by atoms with van der Waals surface area (Å²) >= 11 is 0.810. The van der Waals surface area contributed by atoms with E-state index in [1.54, 1.807) is 0 Å². The minimum Gasteiger partial charge on any atom is -0.504 e. The Morgan fingerprint density at radius 1 is 1.22 bits per heavy atom. The summed E-state index contributed by atoms with van der Waals surface area (Å²) in [7, 11) is 0. The van der Waals surface area contributed by atoms with Gasteiger partial charge < -0.3 is 8.53 Å². The summed E-state index contributed by atoms with van der Waals surface area (Å²) in [6, 6.07) is 0. The zero-order valence-corrected chi connectivity index (χ0v) is 8.73. The van der Waals surface area contributed by atoms with Crippen molar-refractivity contribution in [3.05, 3.63) is 0 Å². The van der Waals surface area contributed by atoms with Crippen molar-refractivity contribution >= 4 is 16.6 Å². The molecule has 0 unspecified atom stereocenters. The topological polar surface area (TPSA) is 18.5 Å². The van der Waals surface area contributed by atoms with E-state index in [9.17, 15) is 0 Å². The Morgan fingerprint density at radius 2 is 1.78 bits per heavy atom. The van der Waals surface area contributed by atoms with Gasteiger partial charge in [-0.15, -0.1) is 0 Å². The van der Waals surface area contributed by atoms with E-state index >= 15 is 0 Å². The maximum Gasteiger partial charge on any atom is 0.410 e. The quantitative estimate of drug-likeness (QED) is 0.423. The van der Waals surface area contributed by atoms with E-state index in [0.29, 0.717) is 6.61 Å². The van der Waals surface area contributed by atoms with Gasteiger partial charge in [-0.1, -0.05) is 0 Å². The fourth-order valence-electron chi connectivity index (χ4n) is 0.431. The van der Waals surface area contributed by atoms with Gasteiger partial charge in [-0.25, -0.2) is 0 Å². The van der Waals surface area contributed by atoms with Crippen LogP contribution in [0.5, 0.6) is 0 Å². The number of hydrogen-bond acceptors (Lipinski definition) is 2. The van der Waals surface area contributed by atoms with Crippen LogP contribution in [0.15, 0.2) is 0 Å². The summed E-state index contributed by atoms with van der Waals surface area (Å²) < 4.78 is 10.3. The Bertz CT molecular complexity index is 67.9. The van der Waals surface area contributed by atoms with E-state index in [1.807, 2.05) is 20.8 Å². The first-order valence-corrected chi connectivity index (χ1v) is 4.01. The van der Waals surface area contributed by atoms with Crippen molar-refractivity contribution in [2.24, 2.45) is 0 Å². The van der Waals surface area contributed by atoms with Crippen LogP contribution in [0.2, 0.25) is 0 Å². The van der Waals surface area contributed by atoms with Gasteiger partial charge in [0, 0.05) is 6.61 Å². The summed E-state index contributed by atoms with van der Waals surface area (Å²) in [5, 5.41) is 0. The Hall–Kier alpha value is 0.452. The van der Waals surface area contributed by atoms with E-state index < -0.39 is 0 Å². The molecule has 0 rings (SSSR count). The fraction of sp³-hybridized carbons (Fsp3) is 1.00. The van der Waals surface area contributed by atoms with E-state index in [2.05, 4.69) is 0 Å². The molecule has 0 aromatic rings. The SMILES string of the molecule is CC(C)(C)OCC[O][AlH2]. The molecule has 3 heteroatoms. The van der Waals surface area contributed by atoms with Crippen molar-refractivity contribution in [3.63, 3.8) is 0 Å². The maximum atomic E-state index is 5.37. The molecule has 0 atom stereocenters. The third-order valence-corrected chi connectivity index (χ3v) is 1.23. The summed E-state index contributed by atoms with van der Waals surface area (Å²) in [4.78, 5) is 0. The second-order valence-electron chi connectivity index (χ2n) is 2.95. The monoisotopic (exact) mass is 146 g/mol. The van der Waals surface area contributed by atoms with Crippen molar-refractivity contribution in [2.45, 2.75) is 26.4 Å². The van der Waals surface area contributed by atoms with Crippen molar-refractivity contribution in [1.82, 2.24) is 0 Å². The molecule has 0 bridgehead atoms. The van der Waals surface area contributed by atoms with Crippen LogP contribution < -0.4 is 0 Å². The molecule has 0 heterocycles. The van der Waals surface area contributed by atoms with Gasteiger partial charge in [-0.3, -0.25) is 0 Å². The molecular weight excluding hydrogens is 131 g/mol. The van der Waals surface area contributed by atoms with Crippen LogP contribution in [0.4, 0.5) is 0 Å². The molecule has 0 radical (unpaired) electrons. The third kappa shape index (κ3) is 8.45. The predicted octanol–water partition coefficient (Wildman–Crippen LogP) is 0.366. The minimum atomic E-state index is -0.0138. The molecule has 0 aliphatic carbocycles. The van der Waals surface area contributed by atoms with Crippen molar-refractivity contribution < 1.29 is 8.53 Å². The van der Waals surface area contributed by atoms with E-state index in [4.69, 9.17) is 8.53 Å². The van der Waals surface area contributed by atoms with Gasteiger partial charge in [0.2, 0.25) is 0 Å². The van der Waals surface area contributed by atoms with Gasteiger partial charge in [0.15, 0.2) is 0 Å². The molecule has 0 saturated heterocycles. The molecule has 0 N–H and O–H groups in total. The lowest BCUT2D eigenvalue weighted by atomic mass is 10.2. The number of hydrogen-bond donors (Lipinski definition) is 0. The van der Waals surface area contributed by atoms with Gasteiger partial charge in [0.25, 0.3) is 0 Å². The Labute approximate surface area is 65.3 Å². The molecule has 0 aromatic carbocycles. The van der Waals surface area contributed by atoms with Crippen LogP contribution in [0.3, 0.4) is 0 Å². The highest BCUT2D eigenvalue weighted by Gasteiger charge is 2.07. The highest BCUT2D eigenvalue weighted by molar-refractivity contribution is 5.97. The highest BCUT2D eigenvalue weighted by atomic mass is 27.1. The van der Waals surface area contributed by atoms with Gasteiger partial charge in [0.1, 0.15) is 0 Å². The normalized spacial score (nSPS) is 11.9. The number of ether oxygens (including phenoxy) is 1. The number of rotatable bonds is 3. The molecule has 9 heavy (non-hydrogen) atoms. The smallest absolute Gasteiger partial charge is 0.410 e. The molecule has 0 fully saturated rings. The van der Waals surface area contributed by atoms with Gasteiger partial charge in [0.05, 0.1) is 12.2 Å². The van der Waals surface area contributed by atoms with Crippen molar-refractivity contribution in [2.75, 3.05) is 13.2 Å². The zero-order chi connectivity index (χ0) is 7.33. The lowest BCUT2D eigenvalue weighted by Crippen LogP contribution is -2.21. The van der Waals surface area contributed by atoms with Gasteiger partial charge in [-0.2, -0.15) is 0 Å². The van der Waals surface area contributed by atoms with E-state index in [0.717, 1.165) is 23.2 Å². The van der Waals surface area contributed by atoms with Crippen molar-refractivity contribution in [1.29, 1.82) is 0 Å². The highest BCUT2D eigenvalue weighted by Crippen LogP contribution is 2.05. The first kappa shape index (κ1) is 9.45. The molecule has 0 spiro atoms. The van der Waals surface area contributed by atoms with Crippen LogP contribution in [-0.2, 0) is 8.53 Å². The molecule has 0 saturated carbocycles. The largest absolute Gasteiger partial charge is 0.504 e. The van der Waals surface area contributed by atoms with Crippen LogP contribution in [0.25, 0.3) is 0 Å². The molecule has 54 valence electrons. The molecule has 0 aliphatic heterocycles. The van der Waals surface area contributed by atoms with Crippen LogP contribution in [0, 0.1) is 0 Å². The molecule has 2 nitrogen and oxygen atoms in total. The lowest BCUT2D eigenvalue weighted by molar-refractivity contribution is -0.0154. The van der Waals surface area contributed by atoms with E-state index in [1.165, 1.54) is 0 Å². The Morgan fingerprint density at radius 3 is 2.11 bits per heavy atom. The second kappa shape index (κ2) is 4.30. The fourth-order valence-corrected chi connectivity index (χ4v) is 0.598. The first-order valence-electron chi connectivity index (χ1n) is 3.19. The summed E-state index contributed by atoms with van der Waals surface area (Å²) in [5.74, 6) is 0. The minimum absolute atomic E-state index is 0.0138. The third-order valence-electron chi connectivity index (χ3n) is 0.823. The summed E-state index contributed by atoms with van der Waals surface area (Å²) in [6.45, 7) is 7.58. The van der Waals surface area contributed by atoms with E-state index in [-0.39, 0.29) is 5.60 Å².